The van der Waals surface area contributed by atoms with Crippen molar-refractivity contribution in [2.45, 2.75) is 6.54 Å². The molecule has 1 amide bonds. The summed E-state index contributed by atoms with van der Waals surface area (Å²) in [4.78, 5) is 32.5. The molecule has 0 aliphatic heterocycles. The zero-order valence-corrected chi connectivity index (χ0v) is 17.5. The third-order valence-electron chi connectivity index (χ3n) is 4.78. The molecule has 31 heavy (non-hydrogen) atoms. The van der Waals surface area contributed by atoms with Crippen molar-refractivity contribution in [1.29, 1.82) is 5.26 Å². The standard InChI is InChI=1S/C23H18N4O3S/c1-30-18-9-7-16(8-10-18)20-13-19-22(31-20)23(29)26(15-25-19)14-21(28)27(12-11-24)17-5-3-2-4-6-17/h2-10,13,15H,12,14H2,1H3. The smallest absolute Gasteiger partial charge is 0.271 e. The van der Waals surface area contributed by atoms with Crippen LogP contribution in [0.15, 0.2) is 71.8 Å². The lowest BCUT2D eigenvalue weighted by atomic mass is 10.2. The number of hydrogen-bond donors (Lipinski definition) is 0. The maximum atomic E-state index is 13.0. The van der Waals surface area contributed by atoms with Crippen molar-refractivity contribution >= 4 is 33.1 Å². The highest BCUT2D eigenvalue weighted by molar-refractivity contribution is 7.22. The number of hydrogen-bond acceptors (Lipinski definition) is 6. The molecule has 2 aromatic carbocycles. The molecule has 2 aromatic heterocycles. The van der Waals surface area contributed by atoms with Crippen molar-refractivity contribution in [2.24, 2.45) is 0 Å². The van der Waals surface area contributed by atoms with Crippen molar-refractivity contribution in [2.75, 3.05) is 18.6 Å². The van der Waals surface area contributed by atoms with Gasteiger partial charge in [0.25, 0.3) is 5.56 Å². The average Bonchev–Trinajstić information content (AvgIpc) is 3.25. The summed E-state index contributed by atoms with van der Waals surface area (Å²) in [6, 6.07) is 20.3. The number of nitrogens with zero attached hydrogens (tertiary/aromatic N) is 4. The number of para-hydroxylation sites is 1. The highest BCUT2D eigenvalue weighted by Crippen LogP contribution is 2.31. The summed E-state index contributed by atoms with van der Waals surface area (Å²) in [5.41, 5.74) is 1.86. The van der Waals surface area contributed by atoms with Crippen LogP contribution in [0, 0.1) is 11.3 Å². The summed E-state index contributed by atoms with van der Waals surface area (Å²) >= 11 is 1.33. The summed E-state index contributed by atoms with van der Waals surface area (Å²) in [5.74, 6) is 0.395. The van der Waals surface area contributed by atoms with E-state index < -0.39 is 0 Å². The van der Waals surface area contributed by atoms with E-state index in [9.17, 15) is 9.59 Å². The molecule has 4 rings (SSSR count). The third kappa shape index (κ3) is 4.17. The lowest BCUT2D eigenvalue weighted by Crippen LogP contribution is -2.36. The number of nitriles is 1. The van der Waals surface area contributed by atoms with Gasteiger partial charge in [-0.2, -0.15) is 5.26 Å². The van der Waals surface area contributed by atoms with E-state index in [2.05, 4.69) is 4.98 Å². The quantitative estimate of drug-likeness (QED) is 0.435. The van der Waals surface area contributed by atoms with Gasteiger partial charge in [0, 0.05) is 10.6 Å². The summed E-state index contributed by atoms with van der Waals surface area (Å²) in [6.45, 7) is -0.304. The zero-order chi connectivity index (χ0) is 21.8. The molecule has 0 radical (unpaired) electrons. The van der Waals surface area contributed by atoms with Gasteiger partial charge in [0.15, 0.2) is 0 Å². The molecule has 0 aliphatic rings. The van der Waals surface area contributed by atoms with Crippen molar-refractivity contribution in [3.05, 3.63) is 77.3 Å². The second-order valence-electron chi connectivity index (χ2n) is 6.70. The molecular formula is C23H18N4O3S. The van der Waals surface area contributed by atoms with E-state index in [1.807, 2.05) is 42.5 Å². The van der Waals surface area contributed by atoms with Crippen LogP contribution in [0.1, 0.15) is 0 Å². The summed E-state index contributed by atoms with van der Waals surface area (Å²) in [6.07, 6.45) is 1.38. The second kappa shape index (κ2) is 8.81. The number of benzene rings is 2. The Bertz CT molecular complexity index is 1320. The molecule has 2 heterocycles. The van der Waals surface area contributed by atoms with Crippen molar-refractivity contribution in [3.63, 3.8) is 0 Å². The third-order valence-corrected chi connectivity index (χ3v) is 5.94. The molecule has 0 spiro atoms. The molecule has 0 atom stereocenters. The van der Waals surface area contributed by atoms with E-state index in [0.717, 1.165) is 16.2 Å². The maximum Gasteiger partial charge on any atom is 0.271 e. The van der Waals surface area contributed by atoms with E-state index in [0.29, 0.717) is 15.9 Å². The topological polar surface area (TPSA) is 88.2 Å². The van der Waals surface area contributed by atoms with Gasteiger partial charge >= 0.3 is 0 Å². The van der Waals surface area contributed by atoms with Crippen LogP contribution in [0.5, 0.6) is 5.75 Å². The van der Waals surface area contributed by atoms with E-state index in [1.54, 1.807) is 31.4 Å². The Hall–Kier alpha value is -3.96. The molecule has 0 unspecified atom stereocenters. The molecule has 0 saturated carbocycles. The van der Waals surface area contributed by atoms with Crippen LogP contribution in [0.25, 0.3) is 20.7 Å². The predicted octanol–water partition coefficient (Wildman–Crippen LogP) is 3.69. The number of carbonyl (C=O) groups is 1. The van der Waals surface area contributed by atoms with Gasteiger partial charge in [-0.25, -0.2) is 4.98 Å². The number of thiophene rings is 1. The predicted molar refractivity (Wildman–Crippen MR) is 120 cm³/mol. The van der Waals surface area contributed by atoms with E-state index in [-0.39, 0.29) is 24.6 Å². The molecule has 8 heteroatoms. The average molecular weight is 430 g/mol. The highest BCUT2D eigenvalue weighted by atomic mass is 32.1. The lowest BCUT2D eigenvalue weighted by molar-refractivity contribution is -0.119. The number of anilines is 1. The van der Waals surface area contributed by atoms with Gasteiger partial charge in [-0.1, -0.05) is 18.2 Å². The molecule has 4 aromatic rings. The fourth-order valence-corrected chi connectivity index (χ4v) is 4.25. The molecule has 0 saturated heterocycles. The molecule has 154 valence electrons. The number of rotatable bonds is 6. The number of fused-ring (bicyclic) bond motifs is 1. The largest absolute Gasteiger partial charge is 0.497 e. The second-order valence-corrected chi connectivity index (χ2v) is 7.76. The van der Waals surface area contributed by atoms with Crippen LogP contribution in [0.3, 0.4) is 0 Å². The number of amides is 1. The Morgan fingerprint density at radius 1 is 1.19 bits per heavy atom. The van der Waals surface area contributed by atoms with Crippen LogP contribution in [0.4, 0.5) is 5.69 Å². The van der Waals surface area contributed by atoms with E-state index >= 15 is 0 Å². The van der Waals surface area contributed by atoms with Crippen LogP contribution in [-0.2, 0) is 11.3 Å². The first kappa shape index (κ1) is 20.3. The maximum absolute atomic E-state index is 13.0. The summed E-state index contributed by atoms with van der Waals surface area (Å²) < 4.78 is 6.95. The van der Waals surface area contributed by atoms with Gasteiger partial charge in [-0.3, -0.25) is 19.1 Å². The van der Waals surface area contributed by atoms with Crippen LogP contribution >= 0.6 is 11.3 Å². The fraction of sp³-hybridized carbons (Fsp3) is 0.130. The molecule has 7 nitrogen and oxygen atoms in total. The number of ether oxygens (including phenoxy) is 1. The molecular weight excluding hydrogens is 412 g/mol. The first-order valence-corrected chi connectivity index (χ1v) is 10.3. The van der Waals surface area contributed by atoms with Gasteiger partial charge in [0.05, 0.1) is 25.0 Å². The molecule has 0 fully saturated rings. The first-order chi connectivity index (χ1) is 15.1. The highest BCUT2D eigenvalue weighted by Gasteiger charge is 2.18. The summed E-state index contributed by atoms with van der Waals surface area (Å²) in [7, 11) is 1.61. The van der Waals surface area contributed by atoms with E-state index in [1.165, 1.54) is 27.1 Å². The van der Waals surface area contributed by atoms with Gasteiger partial charge < -0.3 is 4.74 Å². The van der Waals surface area contributed by atoms with Crippen LogP contribution in [0.2, 0.25) is 0 Å². The van der Waals surface area contributed by atoms with Gasteiger partial charge in [0.2, 0.25) is 5.91 Å². The number of methoxy groups -OCH3 is 1. The minimum Gasteiger partial charge on any atom is -0.497 e. The van der Waals surface area contributed by atoms with Crippen molar-refractivity contribution in [1.82, 2.24) is 9.55 Å². The first-order valence-electron chi connectivity index (χ1n) is 9.46. The Kier molecular flexibility index (Phi) is 5.78. The van der Waals surface area contributed by atoms with E-state index in [4.69, 9.17) is 10.00 Å². The van der Waals surface area contributed by atoms with Gasteiger partial charge in [-0.15, -0.1) is 11.3 Å². The lowest BCUT2D eigenvalue weighted by Gasteiger charge is -2.20. The minimum atomic E-state index is -0.358. The minimum absolute atomic E-state index is 0.103. The number of carbonyl (C=O) groups excluding carboxylic acids is 1. The Morgan fingerprint density at radius 3 is 2.61 bits per heavy atom. The van der Waals surface area contributed by atoms with Gasteiger partial charge in [0.1, 0.15) is 23.5 Å². The van der Waals surface area contributed by atoms with Crippen LogP contribution < -0.4 is 15.2 Å². The van der Waals surface area contributed by atoms with Crippen molar-refractivity contribution < 1.29 is 9.53 Å². The molecule has 0 bridgehead atoms. The fourth-order valence-electron chi connectivity index (χ4n) is 3.19. The monoisotopic (exact) mass is 430 g/mol. The molecule has 0 aliphatic carbocycles. The Morgan fingerprint density at radius 2 is 1.94 bits per heavy atom. The SMILES string of the molecule is COc1ccc(-c2cc3ncn(CC(=O)N(CC#N)c4ccccc4)c(=O)c3s2)cc1. The Labute approximate surface area is 182 Å². The Balaban J connectivity index is 1.64. The number of aromatic nitrogens is 2. The normalized spacial score (nSPS) is 10.6. The zero-order valence-electron chi connectivity index (χ0n) is 16.7. The van der Waals surface area contributed by atoms with Crippen molar-refractivity contribution in [3.8, 4) is 22.3 Å². The molecule has 0 N–H and O–H groups in total. The van der Waals surface area contributed by atoms with Gasteiger partial charge in [-0.05, 0) is 48.0 Å². The van der Waals surface area contributed by atoms with Crippen LogP contribution in [-0.4, -0.2) is 29.1 Å². The summed E-state index contributed by atoms with van der Waals surface area (Å²) in [5, 5.41) is 9.12.